The van der Waals surface area contributed by atoms with Crippen molar-refractivity contribution in [3.8, 4) is 0 Å². The predicted octanol–water partition coefficient (Wildman–Crippen LogP) is 1.58. The lowest BCUT2D eigenvalue weighted by atomic mass is 10.1. The lowest BCUT2D eigenvalue weighted by molar-refractivity contribution is -0.122. The largest absolute Gasteiger partial charge is 0.377 e. The van der Waals surface area contributed by atoms with E-state index < -0.39 is 0 Å². The minimum atomic E-state index is -0.0590. The van der Waals surface area contributed by atoms with E-state index in [1.165, 1.54) is 0 Å². The summed E-state index contributed by atoms with van der Waals surface area (Å²) >= 11 is 0. The number of nitrogens with one attached hydrogen (secondary N) is 2. The second kappa shape index (κ2) is 11.6. The van der Waals surface area contributed by atoms with Crippen LogP contribution in [0.4, 0.5) is 4.79 Å². The first-order valence-electron chi connectivity index (χ1n) is 9.80. The molecule has 1 aromatic rings. The molecule has 27 heavy (non-hydrogen) atoms. The smallest absolute Gasteiger partial charge is 0.317 e. The molecular formula is C20H32N4O3. The predicted molar refractivity (Wildman–Crippen MR) is 105 cm³/mol. The summed E-state index contributed by atoms with van der Waals surface area (Å²) in [5.74, 6) is 0.0562. The average molecular weight is 377 g/mol. The van der Waals surface area contributed by atoms with Gasteiger partial charge in [-0.15, -0.1) is 0 Å². The lowest BCUT2D eigenvalue weighted by Crippen LogP contribution is -2.53. The van der Waals surface area contributed by atoms with Crippen molar-refractivity contribution in [2.24, 2.45) is 0 Å². The van der Waals surface area contributed by atoms with E-state index in [0.29, 0.717) is 59.0 Å². The van der Waals surface area contributed by atoms with Crippen molar-refractivity contribution in [1.29, 1.82) is 0 Å². The second-order valence-electron chi connectivity index (χ2n) is 6.68. The van der Waals surface area contributed by atoms with Gasteiger partial charge in [0.15, 0.2) is 0 Å². The van der Waals surface area contributed by atoms with Gasteiger partial charge in [0.25, 0.3) is 0 Å². The van der Waals surface area contributed by atoms with Crippen LogP contribution in [0, 0.1) is 0 Å². The van der Waals surface area contributed by atoms with E-state index in [2.05, 4.69) is 15.5 Å². The molecule has 1 fully saturated rings. The molecular weight excluding hydrogens is 344 g/mol. The number of ether oxygens (including phenoxy) is 1. The van der Waals surface area contributed by atoms with Crippen LogP contribution in [0.25, 0.3) is 0 Å². The van der Waals surface area contributed by atoms with Crippen molar-refractivity contribution in [2.75, 3.05) is 45.9 Å². The fourth-order valence-electron chi connectivity index (χ4n) is 3.00. The fraction of sp³-hybridized carbons (Fsp3) is 0.600. The number of hydrogen-bond acceptors (Lipinski definition) is 4. The van der Waals surface area contributed by atoms with Crippen molar-refractivity contribution in [3.05, 3.63) is 35.4 Å². The molecule has 3 amide bonds. The van der Waals surface area contributed by atoms with E-state index in [-0.39, 0.29) is 11.9 Å². The average Bonchev–Trinajstić information content (AvgIpc) is 2.70. The number of nitrogens with zero attached hydrogens (tertiary/aromatic N) is 2. The van der Waals surface area contributed by atoms with Crippen molar-refractivity contribution in [2.45, 2.75) is 33.4 Å². The van der Waals surface area contributed by atoms with E-state index >= 15 is 0 Å². The molecule has 0 atom stereocenters. The fourth-order valence-corrected chi connectivity index (χ4v) is 3.00. The molecule has 0 radical (unpaired) electrons. The molecule has 0 unspecified atom stereocenters. The SMILES string of the molecule is CCCNC(=O)CN1CCN(C(=O)NCc2ccccc2COCC)CC1. The molecule has 1 heterocycles. The quantitative estimate of drug-likeness (QED) is 0.686. The number of urea groups is 1. The zero-order valence-electron chi connectivity index (χ0n) is 16.5. The van der Waals surface area contributed by atoms with Crippen molar-refractivity contribution >= 4 is 11.9 Å². The summed E-state index contributed by atoms with van der Waals surface area (Å²) in [6.07, 6.45) is 0.938. The second-order valence-corrected chi connectivity index (χ2v) is 6.68. The normalized spacial score (nSPS) is 14.8. The number of piperazine rings is 1. The Kier molecular flexibility index (Phi) is 9.07. The minimum absolute atomic E-state index is 0.0562. The Morgan fingerprint density at radius 2 is 1.74 bits per heavy atom. The third kappa shape index (κ3) is 7.19. The van der Waals surface area contributed by atoms with E-state index in [0.717, 1.165) is 17.5 Å². The lowest BCUT2D eigenvalue weighted by Gasteiger charge is -2.34. The van der Waals surface area contributed by atoms with Gasteiger partial charge in [-0.05, 0) is 24.5 Å². The number of rotatable bonds is 9. The summed E-state index contributed by atoms with van der Waals surface area (Å²) in [6, 6.07) is 7.94. The highest BCUT2D eigenvalue weighted by Gasteiger charge is 2.22. The zero-order valence-corrected chi connectivity index (χ0v) is 16.5. The van der Waals surface area contributed by atoms with Crippen LogP contribution in [-0.4, -0.2) is 67.6 Å². The van der Waals surface area contributed by atoms with Crippen LogP contribution < -0.4 is 10.6 Å². The number of hydrogen-bond donors (Lipinski definition) is 2. The Hall–Kier alpha value is -2.12. The molecule has 2 N–H and O–H groups in total. The van der Waals surface area contributed by atoms with E-state index in [4.69, 9.17) is 4.74 Å². The molecule has 150 valence electrons. The molecule has 0 spiro atoms. The van der Waals surface area contributed by atoms with Gasteiger partial charge in [0, 0.05) is 45.9 Å². The first kappa shape index (κ1) is 21.2. The standard InChI is InChI=1S/C20H32N4O3/c1-3-9-21-19(25)15-23-10-12-24(13-11-23)20(26)22-14-17-7-5-6-8-18(17)16-27-4-2/h5-8H,3-4,9-16H2,1-2H3,(H,21,25)(H,22,26). The molecule has 7 heteroatoms. The Bertz CT molecular complexity index is 601. The maximum absolute atomic E-state index is 12.5. The first-order valence-corrected chi connectivity index (χ1v) is 9.80. The van der Waals surface area contributed by atoms with E-state index in [9.17, 15) is 9.59 Å². The Morgan fingerprint density at radius 3 is 2.41 bits per heavy atom. The number of benzene rings is 1. The van der Waals surface area contributed by atoms with Crippen LogP contribution in [0.5, 0.6) is 0 Å². The van der Waals surface area contributed by atoms with Crippen molar-refractivity contribution < 1.29 is 14.3 Å². The molecule has 7 nitrogen and oxygen atoms in total. The maximum atomic E-state index is 12.5. The molecule has 0 saturated carbocycles. The highest BCUT2D eigenvalue weighted by Crippen LogP contribution is 2.10. The van der Waals surface area contributed by atoms with Gasteiger partial charge in [-0.3, -0.25) is 9.69 Å². The monoisotopic (exact) mass is 376 g/mol. The Labute approximate surface area is 162 Å². The van der Waals surface area contributed by atoms with E-state index in [1.807, 2.05) is 43.0 Å². The van der Waals surface area contributed by atoms with Gasteiger partial charge in [-0.25, -0.2) is 4.79 Å². The highest BCUT2D eigenvalue weighted by molar-refractivity contribution is 5.78. The van der Waals surface area contributed by atoms with Gasteiger partial charge < -0.3 is 20.3 Å². The summed E-state index contributed by atoms with van der Waals surface area (Å²) in [4.78, 5) is 28.1. The number of amides is 3. The molecule has 0 bridgehead atoms. The molecule has 2 rings (SSSR count). The van der Waals surface area contributed by atoms with Gasteiger partial charge >= 0.3 is 6.03 Å². The van der Waals surface area contributed by atoms with Crippen molar-refractivity contribution in [1.82, 2.24) is 20.4 Å². The van der Waals surface area contributed by atoms with Gasteiger partial charge in [-0.2, -0.15) is 0 Å². The van der Waals surface area contributed by atoms with Crippen LogP contribution >= 0.6 is 0 Å². The van der Waals surface area contributed by atoms with Crippen LogP contribution in [0.2, 0.25) is 0 Å². The summed E-state index contributed by atoms with van der Waals surface area (Å²) in [5, 5.41) is 5.89. The Balaban J connectivity index is 1.74. The van der Waals surface area contributed by atoms with Crippen LogP contribution in [0.15, 0.2) is 24.3 Å². The first-order chi connectivity index (χ1) is 13.1. The molecule has 1 aromatic carbocycles. The van der Waals surface area contributed by atoms with Crippen LogP contribution in [0.1, 0.15) is 31.4 Å². The van der Waals surface area contributed by atoms with Gasteiger partial charge in [0.1, 0.15) is 0 Å². The summed E-state index contributed by atoms with van der Waals surface area (Å²) < 4.78 is 5.49. The maximum Gasteiger partial charge on any atom is 0.317 e. The van der Waals surface area contributed by atoms with Gasteiger partial charge in [0.05, 0.1) is 13.2 Å². The molecule has 1 aliphatic heterocycles. The third-order valence-electron chi connectivity index (χ3n) is 4.61. The van der Waals surface area contributed by atoms with Crippen molar-refractivity contribution in [3.63, 3.8) is 0 Å². The minimum Gasteiger partial charge on any atom is -0.377 e. The van der Waals surface area contributed by atoms with Gasteiger partial charge in [0.2, 0.25) is 5.91 Å². The van der Waals surface area contributed by atoms with Crippen LogP contribution in [-0.2, 0) is 22.7 Å². The van der Waals surface area contributed by atoms with Gasteiger partial charge in [-0.1, -0.05) is 31.2 Å². The number of carbonyl (C=O) groups excluding carboxylic acids is 2. The topological polar surface area (TPSA) is 73.9 Å². The summed E-state index contributed by atoms with van der Waals surface area (Å²) in [7, 11) is 0. The van der Waals surface area contributed by atoms with E-state index in [1.54, 1.807) is 0 Å². The highest BCUT2D eigenvalue weighted by atomic mass is 16.5. The van der Waals surface area contributed by atoms with Crippen LogP contribution in [0.3, 0.4) is 0 Å². The molecule has 1 saturated heterocycles. The molecule has 1 aliphatic rings. The summed E-state index contributed by atoms with van der Waals surface area (Å²) in [6.45, 7) is 9.53. The third-order valence-corrected chi connectivity index (χ3v) is 4.61. The zero-order chi connectivity index (χ0) is 19.5. The number of carbonyl (C=O) groups is 2. The molecule has 0 aromatic heterocycles. The Morgan fingerprint density at radius 1 is 1.04 bits per heavy atom. The summed E-state index contributed by atoms with van der Waals surface area (Å²) in [5.41, 5.74) is 2.17. The molecule has 0 aliphatic carbocycles.